The standard InChI is InChI=1S/C32H42N2O6/c1-4-18-33(23-14-10-7-11-15-23)29(37)27-32-17-16-31(3,40-32)26(30(38)39-19-5-2)25(32)28(36)34(27)24(21-35)20-22-12-8-6-9-13-22/h4-6,8-9,12-13,23-27,35H,1-2,7,10-11,14-21H2,3H3/t24-,25+,26-,27?,31+,32?/m1/s1. The number of esters is 1. The van der Waals surface area contributed by atoms with Crippen LogP contribution in [0.1, 0.15) is 57.4 Å². The van der Waals surface area contributed by atoms with E-state index in [4.69, 9.17) is 9.47 Å². The highest BCUT2D eigenvalue weighted by Crippen LogP contribution is 2.64. The fourth-order valence-electron chi connectivity index (χ4n) is 7.87. The van der Waals surface area contributed by atoms with E-state index in [1.54, 1.807) is 11.0 Å². The monoisotopic (exact) mass is 550 g/mol. The summed E-state index contributed by atoms with van der Waals surface area (Å²) in [7, 11) is 0. The lowest BCUT2D eigenvalue weighted by atomic mass is 9.66. The number of benzene rings is 1. The normalized spacial score (nSPS) is 32.0. The molecule has 8 heteroatoms. The topological polar surface area (TPSA) is 96.4 Å². The van der Waals surface area contributed by atoms with Gasteiger partial charge in [0.15, 0.2) is 0 Å². The molecule has 4 aliphatic rings. The highest BCUT2D eigenvalue weighted by Gasteiger charge is 2.79. The maximum absolute atomic E-state index is 14.7. The van der Waals surface area contributed by atoms with Gasteiger partial charge >= 0.3 is 5.97 Å². The Morgan fingerprint density at radius 2 is 1.90 bits per heavy atom. The van der Waals surface area contributed by atoms with E-state index in [2.05, 4.69) is 13.2 Å². The van der Waals surface area contributed by atoms with E-state index in [-0.39, 0.29) is 31.1 Å². The Morgan fingerprint density at radius 3 is 2.55 bits per heavy atom. The van der Waals surface area contributed by atoms with Gasteiger partial charge in [0.1, 0.15) is 24.2 Å². The van der Waals surface area contributed by atoms with Crippen molar-refractivity contribution in [3.8, 4) is 0 Å². The van der Waals surface area contributed by atoms with Crippen molar-refractivity contribution in [2.24, 2.45) is 11.8 Å². The Bertz CT molecular complexity index is 1130. The highest BCUT2D eigenvalue weighted by molar-refractivity contribution is 5.99. The number of carbonyl (C=O) groups is 3. The van der Waals surface area contributed by atoms with Gasteiger partial charge in [-0.2, -0.15) is 0 Å². The summed E-state index contributed by atoms with van der Waals surface area (Å²) in [6.07, 6.45) is 9.67. The average molecular weight is 551 g/mol. The zero-order valence-electron chi connectivity index (χ0n) is 23.5. The molecule has 1 aromatic carbocycles. The van der Waals surface area contributed by atoms with Crippen LogP contribution in [0.2, 0.25) is 0 Å². The van der Waals surface area contributed by atoms with Crippen LogP contribution >= 0.6 is 0 Å². The van der Waals surface area contributed by atoms with Gasteiger partial charge < -0.3 is 24.4 Å². The van der Waals surface area contributed by atoms with Gasteiger partial charge in [0.2, 0.25) is 11.8 Å². The first-order valence-corrected chi connectivity index (χ1v) is 14.7. The molecule has 1 saturated carbocycles. The number of amides is 2. The molecule has 8 nitrogen and oxygen atoms in total. The predicted molar refractivity (Wildman–Crippen MR) is 150 cm³/mol. The number of ether oxygens (including phenoxy) is 2. The van der Waals surface area contributed by atoms with E-state index in [0.29, 0.717) is 25.8 Å². The summed E-state index contributed by atoms with van der Waals surface area (Å²) in [4.78, 5) is 46.1. The first-order valence-electron chi connectivity index (χ1n) is 14.7. The second-order valence-electron chi connectivity index (χ2n) is 12.0. The zero-order valence-corrected chi connectivity index (χ0v) is 23.5. The van der Waals surface area contributed by atoms with Crippen LogP contribution in [0.4, 0.5) is 0 Å². The van der Waals surface area contributed by atoms with Crippen molar-refractivity contribution < 1.29 is 29.0 Å². The molecule has 3 heterocycles. The summed E-state index contributed by atoms with van der Waals surface area (Å²) in [5, 5.41) is 10.6. The van der Waals surface area contributed by atoms with Gasteiger partial charge in [-0.05, 0) is 44.6 Å². The first-order chi connectivity index (χ1) is 19.3. The van der Waals surface area contributed by atoms with Gasteiger partial charge in [-0.25, -0.2) is 0 Å². The van der Waals surface area contributed by atoms with Gasteiger partial charge in [0, 0.05) is 12.6 Å². The number of likely N-dealkylation sites (tertiary alicyclic amines) is 1. The second kappa shape index (κ2) is 11.5. The second-order valence-corrected chi connectivity index (χ2v) is 12.0. The maximum Gasteiger partial charge on any atom is 0.313 e. The number of carbonyl (C=O) groups excluding carboxylic acids is 3. The van der Waals surface area contributed by atoms with Gasteiger partial charge in [0.25, 0.3) is 0 Å². The first kappa shape index (κ1) is 28.6. The summed E-state index contributed by atoms with van der Waals surface area (Å²) < 4.78 is 12.2. The molecule has 3 saturated heterocycles. The molecule has 1 aliphatic carbocycles. The molecular weight excluding hydrogens is 508 g/mol. The van der Waals surface area contributed by atoms with E-state index in [1.807, 2.05) is 42.2 Å². The molecule has 1 N–H and O–H groups in total. The van der Waals surface area contributed by atoms with Crippen LogP contribution in [0.15, 0.2) is 55.6 Å². The predicted octanol–water partition coefficient (Wildman–Crippen LogP) is 3.43. The quantitative estimate of drug-likeness (QED) is 0.335. The van der Waals surface area contributed by atoms with Crippen molar-refractivity contribution in [1.29, 1.82) is 0 Å². The summed E-state index contributed by atoms with van der Waals surface area (Å²) in [5.74, 6) is -2.71. The van der Waals surface area contributed by atoms with Crippen LogP contribution in [-0.2, 0) is 30.3 Å². The number of fused-ring (bicyclic) bond motifs is 1. The van der Waals surface area contributed by atoms with E-state index in [9.17, 15) is 19.5 Å². The summed E-state index contributed by atoms with van der Waals surface area (Å²) in [5.41, 5.74) is -1.13. The lowest BCUT2D eigenvalue weighted by molar-refractivity contribution is -0.161. The van der Waals surface area contributed by atoms with Crippen LogP contribution in [-0.4, -0.2) is 81.8 Å². The minimum Gasteiger partial charge on any atom is -0.461 e. The summed E-state index contributed by atoms with van der Waals surface area (Å²) in [6.45, 7) is 9.50. The summed E-state index contributed by atoms with van der Waals surface area (Å²) in [6, 6.07) is 8.09. The Balaban J connectivity index is 1.58. The van der Waals surface area contributed by atoms with E-state index in [1.165, 1.54) is 6.08 Å². The number of hydrogen-bond acceptors (Lipinski definition) is 6. The summed E-state index contributed by atoms with van der Waals surface area (Å²) >= 11 is 0. The molecule has 4 fully saturated rings. The molecule has 3 aliphatic heterocycles. The van der Waals surface area contributed by atoms with Crippen molar-refractivity contribution in [1.82, 2.24) is 9.80 Å². The molecule has 40 heavy (non-hydrogen) atoms. The van der Waals surface area contributed by atoms with E-state index in [0.717, 1.165) is 37.7 Å². The Hall–Kier alpha value is -2.97. The minimum absolute atomic E-state index is 0.0352. The third-order valence-electron chi connectivity index (χ3n) is 9.59. The smallest absolute Gasteiger partial charge is 0.313 e. The molecular formula is C32H42N2O6. The SMILES string of the molecule is C=CCOC(=O)[C@H]1[C@H]2C(=O)N([C@@H](CO)Cc3ccccc3)C(C(=O)N(CC=C)C3CCCCC3)C23CC[C@]1(C)O3. The highest BCUT2D eigenvalue weighted by atomic mass is 16.6. The third kappa shape index (κ3) is 4.69. The van der Waals surface area contributed by atoms with Crippen molar-refractivity contribution >= 4 is 17.8 Å². The molecule has 1 spiro atoms. The van der Waals surface area contributed by atoms with Crippen LogP contribution in [0.5, 0.6) is 0 Å². The van der Waals surface area contributed by atoms with Gasteiger partial charge in [-0.1, -0.05) is 68.3 Å². The molecule has 5 rings (SSSR count). The van der Waals surface area contributed by atoms with Crippen LogP contribution in [0.3, 0.4) is 0 Å². The van der Waals surface area contributed by atoms with E-state index < -0.39 is 41.1 Å². The van der Waals surface area contributed by atoms with Crippen LogP contribution in [0.25, 0.3) is 0 Å². The van der Waals surface area contributed by atoms with Gasteiger partial charge in [-0.3, -0.25) is 14.4 Å². The van der Waals surface area contributed by atoms with Crippen molar-refractivity contribution in [3.63, 3.8) is 0 Å². The van der Waals surface area contributed by atoms with Crippen molar-refractivity contribution in [2.75, 3.05) is 19.8 Å². The van der Waals surface area contributed by atoms with Crippen LogP contribution < -0.4 is 0 Å². The number of aliphatic hydroxyl groups excluding tert-OH is 1. The third-order valence-corrected chi connectivity index (χ3v) is 9.59. The molecule has 2 unspecified atom stereocenters. The fourth-order valence-corrected chi connectivity index (χ4v) is 7.87. The molecule has 0 radical (unpaired) electrons. The molecule has 216 valence electrons. The Labute approximate surface area is 237 Å². The van der Waals surface area contributed by atoms with Gasteiger partial charge in [-0.15, -0.1) is 6.58 Å². The number of rotatable bonds is 11. The number of nitrogens with zero attached hydrogens (tertiary/aromatic N) is 2. The molecule has 2 bridgehead atoms. The Morgan fingerprint density at radius 1 is 1.18 bits per heavy atom. The number of hydrogen-bond donors (Lipinski definition) is 1. The minimum atomic E-state index is -1.17. The zero-order chi connectivity index (χ0) is 28.5. The lowest BCUT2D eigenvalue weighted by Crippen LogP contribution is -2.60. The largest absolute Gasteiger partial charge is 0.461 e. The lowest BCUT2D eigenvalue weighted by Gasteiger charge is -2.42. The molecule has 0 aromatic heterocycles. The maximum atomic E-state index is 14.7. The molecule has 6 atom stereocenters. The average Bonchev–Trinajstić information content (AvgIpc) is 3.54. The van der Waals surface area contributed by atoms with Gasteiger partial charge in [0.05, 0.1) is 24.2 Å². The number of aliphatic hydroxyl groups is 1. The Kier molecular flexibility index (Phi) is 8.20. The molecule has 1 aromatic rings. The van der Waals surface area contributed by atoms with Crippen molar-refractivity contribution in [2.45, 2.75) is 87.6 Å². The molecule has 2 amide bonds. The van der Waals surface area contributed by atoms with Crippen molar-refractivity contribution in [3.05, 3.63) is 61.2 Å². The van der Waals surface area contributed by atoms with E-state index >= 15 is 0 Å². The fraction of sp³-hybridized carbons (Fsp3) is 0.594. The van der Waals surface area contributed by atoms with Crippen LogP contribution in [0, 0.1) is 11.8 Å².